The highest BCUT2D eigenvalue weighted by molar-refractivity contribution is 6.31. The van der Waals surface area contributed by atoms with E-state index in [0.29, 0.717) is 18.2 Å². The number of nitrogens with two attached hydrogens (primary N) is 1. The van der Waals surface area contributed by atoms with E-state index in [0.717, 1.165) is 41.6 Å². The number of guanidine groups is 2. The molecule has 0 spiro atoms. The maximum absolute atomic E-state index is 6.32. The van der Waals surface area contributed by atoms with Crippen LogP contribution in [-0.4, -0.2) is 49.4 Å². The van der Waals surface area contributed by atoms with Crippen LogP contribution in [0.25, 0.3) is 0 Å². The number of nitrogens with one attached hydrogen (secondary N) is 1. The topological polar surface area (TPSA) is 78.5 Å². The molecule has 0 aliphatic carbocycles. The summed E-state index contributed by atoms with van der Waals surface area (Å²) in [5.74, 6) is 1.01. The van der Waals surface area contributed by atoms with Gasteiger partial charge >= 0.3 is 0 Å². The Labute approximate surface area is 188 Å². The molecule has 0 bridgehead atoms. The summed E-state index contributed by atoms with van der Waals surface area (Å²) >= 11 is 6.32. The molecule has 0 amide bonds. The van der Waals surface area contributed by atoms with E-state index in [1.807, 2.05) is 31.2 Å². The van der Waals surface area contributed by atoms with E-state index in [1.54, 1.807) is 0 Å². The van der Waals surface area contributed by atoms with E-state index in [-0.39, 0.29) is 18.4 Å². The van der Waals surface area contributed by atoms with Crippen molar-refractivity contribution >= 4 is 47.3 Å². The summed E-state index contributed by atoms with van der Waals surface area (Å²) in [6, 6.07) is 14.1. The zero-order valence-electron chi connectivity index (χ0n) is 17.0. The van der Waals surface area contributed by atoms with Crippen molar-refractivity contribution in [1.82, 2.24) is 4.90 Å². The van der Waals surface area contributed by atoms with Crippen LogP contribution in [0.1, 0.15) is 11.1 Å². The minimum atomic E-state index is -0.453. The second kappa shape index (κ2) is 9.55. The second-order valence-corrected chi connectivity index (χ2v) is 7.60. The van der Waals surface area contributed by atoms with Crippen molar-refractivity contribution in [3.63, 3.8) is 0 Å². The quantitative estimate of drug-likeness (QED) is 0.749. The molecule has 1 fully saturated rings. The number of rotatable bonds is 3. The van der Waals surface area contributed by atoms with Crippen LogP contribution >= 0.6 is 24.0 Å². The van der Waals surface area contributed by atoms with Gasteiger partial charge in [-0.2, -0.15) is 4.99 Å². The fourth-order valence-electron chi connectivity index (χ4n) is 3.43. The van der Waals surface area contributed by atoms with Gasteiger partial charge in [0.15, 0.2) is 0 Å². The molecule has 2 aromatic rings. The molecule has 2 aromatic carbocycles. The van der Waals surface area contributed by atoms with Crippen molar-refractivity contribution in [1.29, 1.82) is 0 Å². The van der Waals surface area contributed by atoms with Crippen molar-refractivity contribution in [2.75, 3.05) is 36.5 Å². The smallest absolute Gasteiger partial charge is 0.222 e. The average molecular weight is 449 g/mol. The van der Waals surface area contributed by atoms with Crippen LogP contribution in [-0.2, 0) is 4.74 Å². The molecule has 1 saturated heterocycles. The van der Waals surface area contributed by atoms with Gasteiger partial charge in [0.1, 0.15) is 0 Å². The normalized spacial score (nSPS) is 19.0. The Bertz CT molecular complexity index is 958. The molecule has 2 aliphatic heterocycles. The van der Waals surface area contributed by atoms with Crippen LogP contribution in [0.15, 0.2) is 52.4 Å². The van der Waals surface area contributed by atoms with Gasteiger partial charge in [-0.05, 0) is 49.2 Å². The second-order valence-electron chi connectivity index (χ2n) is 7.19. The van der Waals surface area contributed by atoms with Gasteiger partial charge in [-0.25, -0.2) is 4.99 Å². The predicted molar refractivity (Wildman–Crippen MR) is 126 cm³/mol. The molecular weight excluding hydrogens is 423 g/mol. The number of aryl methyl sites for hydroxylation is 2. The van der Waals surface area contributed by atoms with Crippen molar-refractivity contribution in [2.24, 2.45) is 15.7 Å². The number of nitrogens with zero attached hydrogens (tertiary/aromatic N) is 4. The fourth-order valence-corrected chi connectivity index (χ4v) is 3.61. The highest BCUT2D eigenvalue weighted by Gasteiger charge is 2.32. The summed E-state index contributed by atoms with van der Waals surface area (Å²) in [7, 11) is 0. The van der Waals surface area contributed by atoms with Crippen LogP contribution in [0.4, 0.5) is 11.4 Å². The third-order valence-electron chi connectivity index (χ3n) is 4.97. The van der Waals surface area contributed by atoms with Gasteiger partial charge in [-0.3, -0.25) is 4.90 Å². The van der Waals surface area contributed by atoms with Gasteiger partial charge < -0.3 is 20.7 Å². The first-order chi connectivity index (χ1) is 14.0. The first-order valence-electron chi connectivity index (χ1n) is 9.64. The van der Waals surface area contributed by atoms with Gasteiger partial charge in [-0.15, -0.1) is 12.4 Å². The Morgan fingerprint density at radius 2 is 1.90 bits per heavy atom. The molecule has 160 valence electrons. The zero-order chi connectivity index (χ0) is 20.4. The van der Waals surface area contributed by atoms with Gasteiger partial charge in [0.05, 0.1) is 13.2 Å². The minimum absolute atomic E-state index is 0. The summed E-state index contributed by atoms with van der Waals surface area (Å²) in [4.78, 5) is 13.4. The lowest BCUT2D eigenvalue weighted by Gasteiger charge is -2.41. The minimum Gasteiger partial charge on any atom is -0.378 e. The maximum atomic E-state index is 6.32. The third kappa shape index (κ3) is 4.80. The van der Waals surface area contributed by atoms with E-state index in [1.165, 1.54) is 0 Å². The standard InChI is InChI=1S/C21H25ClN6O.ClH/c1-14-4-3-5-17(12-14)28-20(24-16-7-6-15(2)18(22)13-16)25-19(23)26-21(28)27-8-10-29-11-9-27;/h3-7,12-13,20,24H,8-11H2,1-2H3,(H2,23,25);1H. The summed E-state index contributed by atoms with van der Waals surface area (Å²) in [6.07, 6.45) is -0.453. The molecule has 0 radical (unpaired) electrons. The average Bonchev–Trinajstić information content (AvgIpc) is 2.71. The van der Waals surface area contributed by atoms with Crippen LogP contribution < -0.4 is 16.0 Å². The van der Waals surface area contributed by atoms with Crippen LogP contribution in [0.2, 0.25) is 5.02 Å². The number of morpholine rings is 1. The van der Waals surface area contributed by atoms with E-state index in [2.05, 4.69) is 50.2 Å². The van der Waals surface area contributed by atoms with Crippen molar-refractivity contribution in [2.45, 2.75) is 20.1 Å². The van der Waals surface area contributed by atoms with Gasteiger partial charge in [0.2, 0.25) is 18.2 Å². The summed E-state index contributed by atoms with van der Waals surface area (Å²) in [6.45, 7) is 6.85. The highest BCUT2D eigenvalue weighted by Crippen LogP contribution is 2.27. The number of halogens is 2. The molecule has 0 aromatic heterocycles. The van der Waals surface area contributed by atoms with Gasteiger partial charge in [0, 0.05) is 29.5 Å². The molecular formula is C21H26Cl2N6O. The monoisotopic (exact) mass is 448 g/mol. The lowest BCUT2D eigenvalue weighted by molar-refractivity contribution is 0.0671. The van der Waals surface area contributed by atoms with Crippen molar-refractivity contribution < 1.29 is 4.74 Å². The van der Waals surface area contributed by atoms with E-state index in [4.69, 9.17) is 22.1 Å². The van der Waals surface area contributed by atoms with E-state index < -0.39 is 6.29 Å². The van der Waals surface area contributed by atoms with E-state index in [9.17, 15) is 0 Å². The number of ether oxygens (including phenoxy) is 1. The van der Waals surface area contributed by atoms with Crippen LogP contribution in [0.3, 0.4) is 0 Å². The van der Waals surface area contributed by atoms with Crippen molar-refractivity contribution in [3.05, 3.63) is 58.6 Å². The summed E-state index contributed by atoms with van der Waals surface area (Å²) in [5.41, 5.74) is 10.1. The fraction of sp³-hybridized carbons (Fsp3) is 0.333. The Hall–Kier alpha value is -2.48. The Morgan fingerprint density at radius 3 is 2.60 bits per heavy atom. The first-order valence-corrected chi connectivity index (χ1v) is 10.0. The summed E-state index contributed by atoms with van der Waals surface area (Å²) < 4.78 is 5.52. The van der Waals surface area contributed by atoms with Gasteiger partial charge in [-0.1, -0.05) is 29.8 Å². The van der Waals surface area contributed by atoms with Gasteiger partial charge in [0.25, 0.3) is 0 Å². The molecule has 2 heterocycles. The largest absolute Gasteiger partial charge is 0.378 e. The zero-order valence-corrected chi connectivity index (χ0v) is 18.6. The molecule has 3 N–H and O–H groups in total. The number of aliphatic imine (C=N–C) groups is 2. The number of benzene rings is 2. The molecule has 2 aliphatic rings. The van der Waals surface area contributed by atoms with Crippen molar-refractivity contribution in [3.8, 4) is 0 Å². The number of hydrogen-bond donors (Lipinski definition) is 2. The molecule has 0 saturated carbocycles. The first kappa shape index (κ1) is 22.2. The molecule has 30 heavy (non-hydrogen) atoms. The SMILES string of the molecule is Cc1cccc(N2C(N3CCOCC3)=NC(N)=NC2Nc2ccc(C)c(Cl)c2)c1.Cl. The Balaban J connectivity index is 0.00000256. The van der Waals surface area contributed by atoms with Crippen LogP contribution in [0, 0.1) is 13.8 Å². The predicted octanol–water partition coefficient (Wildman–Crippen LogP) is 3.60. The Morgan fingerprint density at radius 1 is 1.13 bits per heavy atom. The summed E-state index contributed by atoms with van der Waals surface area (Å²) in [5, 5.41) is 4.15. The third-order valence-corrected chi connectivity index (χ3v) is 5.38. The lowest BCUT2D eigenvalue weighted by Crippen LogP contribution is -2.57. The molecule has 1 unspecified atom stereocenters. The van der Waals surface area contributed by atoms with E-state index >= 15 is 0 Å². The maximum Gasteiger partial charge on any atom is 0.222 e. The highest BCUT2D eigenvalue weighted by atomic mass is 35.5. The molecule has 4 rings (SSSR count). The lowest BCUT2D eigenvalue weighted by atomic mass is 10.2. The van der Waals surface area contributed by atoms with Crippen LogP contribution in [0.5, 0.6) is 0 Å². The molecule has 7 nitrogen and oxygen atoms in total. The number of hydrogen-bond acceptors (Lipinski definition) is 7. The molecule has 9 heteroatoms. The molecule has 1 atom stereocenters. The Kier molecular flexibility index (Phi) is 7.07. The number of anilines is 2.